The number of benzene rings is 1. The Bertz CT molecular complexity index is 678. The van der Waals surface area contributed by atoms with Crippen molar-refractivity contribution in [3.8, 4) is 11.4 Å². The van der Waals surface area contributed by atoms with Gasteiger partial charge in [0.05, 0.1) is 6.54 Å². The molecular weight excluding hydrogens is 302 g/mol. The molecule has 3 rings (SSSR count). The van der Waals surface area contributed by atoms with E-state index in [1.165, 1.54) is 0 Å². The third-order valence-electron chi connectivity index (χ3n) is 4.04. The molecule has 0 radical (unpaired) electrons. The predicted molar refractivity (Wildman–Crippen MR) is 83.3 cm³/mol. The largest absolute Gasteiger partial charge is 0.347 e. The second kappa shape index (κ2) is 6.48. The molecule has 1 amide bonds. The lowest BCUT2D eigenvalue weighted by Crippen LogP contribution is -2.28. The van der Waals surface area contributed by atoms with Gasteiger partial charge >= 0.3 is 0 Å². The summed E-state index contributed by atoms with van der Waals surface area (Å²) in [6, 6.07) is 5.62. The topological polar surface area (TPSA) is 68.0 Å². The maximum atomic E-state index is 12.0. The van der Waals surface area contributed by atoms with Crippen LogP contribution in [0.2, 0.25) is 5.02 Å². The van der Waals surface area contributed by atoms with Crippen molar-refractivity contribution in [2.75, 3.05) is 0 Å². The van der Waals surface area contributed by atoms with Crippen molar-refractivity contribution in [2.45, 2.75) is 39.2 Å². The summed E-state index contributed by atoms with van der Waals surface area (Å²) >= 11 is 6.10. The van der Waals surface area contributed by atoms with Crippen molar-refractivity contribution in [1.82, 2.24) is 15.5 Å². The molecule has 1 aromatic carbocycles. The Kier molecular flexibility index (Phi) is 4.43. The number of aromatic nitrogens is 2. The average Bonchev–Trinajstić information content (AvgIpc) is 3.19. The molecule has 2 aromatic rings. The van der Waals surface area contributed by atoms with Crippen LogP contribution in [0.3, 0.4) is 0 Å². The number of halogens is 1. The number of hydrogen-bond donors (Lipinski definition) is 1. The Morgan fingerprint density at radius 1 is 1.41 bits per heavy atom. The molecule has 116 valence electrons. The molecule has 1 saturated carbocycles. The van der Waals surface area contributed by atoms with Crippen molar-refractivity contribution >= 4 is 17.5 Å². The van der Waals surface area contributed by atoms with Crippen molar-refractivity contribution in [2.24, 2.45) is 5.92 Å². The van der Waals surface area contributed by atoms with Crippen molar-refractivity contribution in [3.05, 3.63) is 34.7 Å². The number of carbonyl (C=O) groups excluding carboxylic acids is 1. The molecule has 1 aliphatic rings. The molecule has 0 spiro atoms. The Labute approximate surface area is 134 Å². The third-order valence-corrected chi connectivity index (χ3v) is 4.45. The van der Waals surface area contributed by atoms with Gasteiger partial charge in [0.15, 0.2) is 0 Å². The molecule has 1 aliphatic carbocycles. The summed E-state index contributed by atoms with van der Waals surface area (Å²) in [6.07, 6.45) is 4.22. The zero-order valence-electron chi connectivity index (χ0n) is 12.4. The van der Waals surface area contributed by atoms with E-state index in [0.29, 0.717) is 16.7 Å². The van der Waals surface area contributed by atoms with Crippen LogP contribution in [0.1, 0.15) is 37.1 Å². The van der Waals surface area contributed by atoms with Gasteiger partial charge in [-0.2, -0.15) is 4.98 Å². The first-order chi connectivity index (χ1) is 10.6. The van der Waals surface area contributed by atoms with Gasteiger partial charge in [-0.25, -0.2) is 0 Å². The molecule has 5 nitrogen and oxygen atoms in total. The van der Waals surface area contributed by atoms with E-state index >= 15 is 0 Å². The normalized spacial score (nSPS) is 15.2. The predicted octanol–water partition coefficient (Wildman–Crippen LogP) is 3.50. The van der Waals surface area contributed by atoms with E-state index < -0.39 is 0 Å². The minimum atomic E-state index is 0.0793. The number of hydrogen-bond acceptors (Lipinski definition) is 4. The highest BCUT2D eigenvalue weighted by Gasteiger charge is 2.22. The average molecular weight is 320 g/mol. The molecule has 6 heteroatoms. The van der Waals surface area contributed by atoms with E-state index in [9.17, 15) is 4.79 Å². The molecule has 0 aliphatic heterocycles. The van der Waals surface area contributed by atoms with Gasteiger partial charge in [0, 0.05) is 16.5 Å². The number of carbonyl (C=O) groups is 1. The van der Waals surface area contributed by atoms with E-state index in [1.54, 1.807) is 0 Å². The summed E-state index contributed by atoms with van der Waals surface area (Å²) in [4.78, 5) is 16.3. The van der Waals surface area contributed by atoms with Crippen LogP contribution in [0.5, 0.6) is 0 Å². The smallest absolute Gasteiger partial charge is 0.246 e. The first-order valence-electron chi connectivity index (χ1n) is 7.50. The van der Waals surface area contributed by atoms with Crippen molar-refractivity contribution in [3.63, 3.8) is 0 Å². The summed E-state index contributed by atoms with van der Waals surface area (Å²) in [5.74, 6) is 1.10. The highest BCUT2D eigenvalue weighted by Crippen LogP contribution is 2.25. The second-order valence-electron chi connectivity index (χ2n) is 5.67. The van der Waals surface area contributed by atoms with Crippen LogP contribution in [0, 0.1) is 12.8 Å². The Morgan fingerprint density at radius 2 is 2.18 bits per heavy atom. The Hall–Kier alpha value is -1.88. The molecule has 0 saturated heterocycles. The monoisotopic (exact) mass is 319 g/mol. The molecule has 0 unspecified atom stereocenters. The van der Waals surface area contributed by atoms with Gasteiger partial charge in [-0.3, -0.25) is 4.79 Å². The van der Waals surface area contributed by atoms with Crippen LogP contribution >= 0.6 is 11.6 Å². The summed E-state index contributed by atoms with van der Waals surface area (Å²) in [7, 11) is 0. The lowest BCUT2D eigenvalue weighted by molar-refractivity contribution is -0.125. The number of amides is 1. The fourth-order valence-electron chi connectivity index (χ4n) is 2.67. The summed E-state index contributed by atoms with van der Waals surface area (Å²) in [5, 5.41) is 7.47. The van der Waals surface area contributed by atoms with E-state index in [1.807, 2.05) is 25.1 Å². The molecule has 1 fully saturated rings. The van der Waals surface area contributed by atoms with Gasteiger partial charge in [-0.1, -0.05) is 41.7 Å². The van der Waals surface area contributed by atoms with Gasteiger partial charge in [0.25, 0.3) is 0 Å². The van der Waals surface area contributed by atoms with Gasteiger partial charge in [0.1, 0.15) is 0 Å². The van der Waals surface area contributed by atoms with Gasteiger partial charge in [-0.15, -0.1) is 0 Å². The first kappa shape index (κ1) is 15.0. The quantitative estimate of drug-likeness (QED) is 0.936. The highest BCUT2D eigenvalue weighted by atomic mass is 35.5. The minimum Gasteiger partial charge on any atom is -0.347 e. The van der Waals surface area contributed by atoms with Crippen LogP contribution < -0.4 is 5.32 Å². The maximum absolute atomic E-state index is 12.0. The zero-order valence-corrected chi connectivity index (χ0v) is 13.2. The van der Waals surface area contributed by atoms with E-state index in [-0.39, 0.29) is 18.4 Å². The lowest BCUT2D eigenvalue weighted by Gasteiger charge is -2.07. The van der Waals surface area contributed by atoms with Crippen molar-refractivity contribution < 1.29 is 9.32 Å². The number of nitrogens with zero attached hydrogens (tertiary/aromatic N) is 2. The summed E-state index contributed by atoms with van der Waals surface area (Å²) < 4.78 is 5.18. The van der Waals surface area contributed by atoms with Crippen LogP contribution in [0.4, 0.5) is 0 Å². The van der Waals surface area contributed by atoms with Crippen LogP contribution in [-0.2, 0) is 11.3 Å². The van der Waals surface area contributed by atoms with Crippen LogP contribution in [0.25, 0.3) is 11.4 Å². The molecule has 1 N–H and O–H groups in total. The number of aryl methyl sites for hydroxylation is 1. The zero-order chi connectivity index (χ0) is 15.5. The fourth-order valence-corrected chi connectivity index (χ4v) is 2.85. The van der Waals surface area contributed by atoms with Gasteiger partial charge < -0.3 is 9.84 Å². The van der Waals surface area contributed by atoms with E-state index in [2.05, 4.69) is 15.5 Å². The first-order valence-corrected chi connectivity index (χ1v) is 7.88. The molecule has 0 bridgehead atoms. The third kappa shape index (κ3) is 3.30. The van der Waals surface area contributed by atoms with Gasteiger partial charge in [-0.05, 0) is 31.4 Å². The summed E-state index contributed by atoms with van der Waals surface area (Å²) in [6.45, 7) is 2.20. The summed E-state index contributed by atoms with van der Waals surface area (Å²) in [5.41, 5.74) is 1.80. The molecular formula is C16H18ClN3O2. The maximum Gasteiger partial charge on any atom is 0.246 e. The minimum absolute atomic E-state index is 0.0793. The number of rotatable bonds is 4. The molecule has 22 heavy (non-hydrogen) atoms. The molecule has 1 aromatic heterocycles. The van der Waals surface area contributed by atoms with Crippen LogP contribution in [0.15, 0.2) is 22.7 Å². The second-order valence-corrected chi connectivity index (χ2v) is 6.08. The molecule has 0 atom stereocenters. The van der Waals surface area contributed by atoms with E-state index in [4.69, 9.17) is 16.1 Å². The van der Waals surface area contributed by atoms with E-state index in [0.717, 1.165) is 36.8 Å². The SMILES string of the molecule is Cc1ccc(-c2noc(CNC(=O)C3CCCC3)n2)cc1Cl. The van der Waals surface area contributed by atoms with Crippen LogP contribution in [-0.4, -0.2) is 16.0 Å². The molecule has 1 heterocycles. The Balaban J connectivity index is 1.63. The fraction of sp³-hybridized carbons (Fsp3) is 0.438. The number of nitrogens with one attached hydrogen (secondary N) is 1. The Morgan fingerprint density at radius 3 is 2.91 bits per heavy atom. The standard InChI is InChI=1S/C16H18ClN3O2/c1-10-6-7-12(8-13(10)17)15-19-14(22-20-15)9-18-16(21)11-4-2-3-5-11/h6-8,11H,2-5,9H2,1H3,(H,18,21). The lowest BCUT2D eigenvalue weighted by atomic mass is 10.1. The van der Waals surface area contributed by atoms with Crippen molar-refractivity contribution in [1.29, 1.82) is 0 Å². The van der Waals surface area contributed by atoms with Gasteiger partial charge in [0.2, 0.25) is 17.6 Å². The highest BCUT2D eigenvalue weighted by molar-refractivity contribution is 6.31.